The van der Waals surface area contributed by atoms with E-state index in [1.165, 1.54) is 6.08 Å². The highest BCUT2D eigenvalue weighted by atomic mass is 16.5. The van der Waals surface area contributed by atoms with Crippen LogP contribution in [-0.2, 0) is 4.79 Å². The van der Waals surface area contributed by atoms with Gasteiger partial charge in [-0.1, -0.05) is 32.9 Å². The Labute approximate surface area is 165 Å². The van der Waals surface area contributed by atoms with Crippen molar-refractivity contribution in [1.29, 1.82) is 0 Å². The van der Waals surface area contributed by atoms with Crippen molar-refractivity contribution in [3.05, 3.63) is 65.7 Å². The minimum atomic E-state index is -1.02. The van der Waals surface area contributed by atoms with E-state index in [2.05, 4.69) is 20.8 Å². The first-order valence-electron chi connectivity index (χ1n) is 9.12. The Morgan fingerprint density at radius 3 is 2.11 bits per heavy atom. The van der Waals surface area contributed by atoms with Crippen molar-refractivity contribution in [2.75, 3.05) is 0 Å². The van der Waals surface area contributed by atoms with Gasteiger partial charge in [-0.05, 0) is 66.8 Å². The van der Waals surface area contributed by atoms with Gasteiger partial charge in [0.1, 0.15) is 11.5 Å². The molecule has 0 aromatic heterocycles. The van der Waals surface area contributed by atoms with Gasteiger partial charge >= 0.3 is 11.9 Å². The predicted octanol–water partition coefficient (Wildman–Crippen LogP) is 5.21. The van der Waals surface area contributed by atoms with E-state index >= 15 is 0 Å². The van der Waals surface area contributed by atoms with Gasteiger partial charge < -0.3 is 14.6 Å². The van der Waals surface area contributed by atoms with Gasteiger partial charge in [0.15, 0.2) is 0 Å². The molecule has 0 heterocycles. The molecule has 0 aliphatic rings. The molecule has 28 heavy (non-hydrogen) atoms. The lowest BCUT2D eigenvalue weighted by Crippen LogP contribution is -2.20. The normalized spacial score (nSPS) is 12.6. The van der Waals surface area contributed by atoms with Crippen LogP contribution in [0.25, 0.3) is 6.08 Å². The van der Waals surface area contributed by atoms with Crippen molar-refractivity contribution in [1.82, 2.24) is 0 Å². The summed E-state index contributed by atoms with van der Waals surface area (Å²) in [5.74, 6) is -0.390. The zero-order chi connectivity index (χ0) is 20.7. The third-order valence-corrected chi connectivity index (χ3v) is 3.84. The van der Waals surface area contributed by atoms with Gasteiger partial charge in [-0.3, -0.25) is 0 Å². The fraction of sp³-hybridized carbons (Fsp3) is 0.304. The average molecular weight is 382 g/mol. The van der Waals surface area contributed by atoms with E-state index in [0.717, 1.165) is 12.5 Å². The molecule has 2 aromatic rings. The Hall–Kier alpha value is -3.08. The first kappa shape index (κ1) is 21.2. The molecule has 0 fully saturated rings. The van der Waals surface area contributed by atoms with Crippen molar-refractivity contribution < 1.29 is 24.2 Å². The van der Waals surface area contributed by atoms with Crippen LogP contribution in [0.1, 0.15) is 50.0 Å². The van der Waals surface area contributed by atoms with Crippen molar-refractivity contribution in [2.24, 2.45) is 5.41 Å². The molecule has 1 unspecified atom stereocenters. The number of carbonyl (C=O) groups is 2. The number of aliphatic carboxylic acids is 1. The molecule has 0 bridgehead atoms. The third-order valence-electron chi connectivity index (χ3n) is 3.84. The zero-order valence-corrected chi connectivity index (χ0v) is 16.6. The summed E-state index contributed by atoms with van der Waals surface area (Å²) >= 11 is 0. The minimum Gasteiger partial charge on any atom is -0.491 e. The molecule has 0 radical (unpaired) electrons. The van der Waals surface area contributed by atoms with Crippen LogP contribution in [0.15, 0.2) is 54.6 Å². The molecule has 0 aliphatic carbocycles. The highest BCUT2D eigenvalue weighted by Gasteiger charge is 2.16. The van der Waals surface area contributed by atoms with Crippen molar-refractivity contribution >= 4 is 18.0 Å². The second-order valence-electron chi connectivity index (χ2n) is 7.85. The highest BCUT2D eigenvalue weighted by Crippen LogP contribution is 2.24. The molecule has 0 saturated carbocycles. The lowest BCUT2D eigenvalue weighted by atomic mass is 9.90. The number of carboxylic acid groups (broad SMARTS) is 1. The van der Waals surface area contributed by atoms with Crippen LogP contribution in [0.2, 0.25) is 0 Å². The number of ether oxygens (including phenoxy) is 2. The van der Waals surface area contributed by atoms with Gasteiger partial charge in [-0.2, -0.15) is 0 Å². The van der Waals surface area contributed by atoms with Crippen LogP contribution < -0.4 is 9.47 Å². The van der Waals surface area contributed by atoms with E-state index in [4.69, 9.17) is 14.6 Å². The second kappa shape index (κ2) is 9.22. The maximum absolute atomic E-state index is 12.3. The van der Waals surface area contributed by atoms with E-state index in [0.29, 0.717) is 22.6 Å². The monoisotopic (exact) mass is 382 g/mol. The quantitative estimate of drug-likeness (QED) is 0.404. The molecule has 5 nitrogen and oxygen atoms in total. The number of hydrogen-bond acceptors (Lipinski definition) is 4. The summed E-state index contributed by atoms with van der Waals surface area (Å²) in [6.45, 7) is 8.53. The Bertz CT molecular complexity index is 827. The maximum atomic E-state index is 12.3. The lowest BCUT2D eigenvalue weighted by molar-refractivity contribution is -0.131. The SMILES string of the molecule is CC(CC(C)(C)C)Oc1ccc(C(=O)Oc2ccc(/C=C/C(=O)O)cc2)cc1. The number of esters is 1. The Kier molecular flexibility index (Phi) is 6.99. The largest absolute Gasteiger partial charge is 0.491 e. The van der Waals surface area contributed by atoms with Crippen molar-refractivity contribution in [3.63, 3.8) is 0 Å². The van der Waals surface area contributed by atoms with E-state index in [1.807, 2.05) is 6.92 Å². The standard InChI is InChI=1S/C23H26O5/c1-16(15-23(2,3)4)27-19-12-8-18(9-13-19)22(26)28-20-10-5-17(6-11-20)7-14-21(24)25/h5-14,16H,15H2,1-4H3,(H,24,25)/b14-7+. The van der Waals surface area contributed by atoms with Gasteiger partial charge in [0.05, 0.1) is 11.7 Å². The zero-order valence-electron chi connectivity index (χ0n) is 16.6. The molecule has 0 saturated heterocycles. The summed E-state index contributed by atoms with van der Waals surface area (Å²) in [4.78, 5) is 22.8. The number of benzene rings is 2. The predicted molar refractivity (Wildman–Crippen MR) is 109 cm³/mol. The topological polar surface area (TPSA) is 72.8 Å². The van der Waals surface area contributed by atoms with E-state index in [1.54, 1.807) is 48.5 Å². The Morgan fingerprint density at radius 1 is 1.00 bits per heavy atom. The summed E-state index contributed by atoms with van der Waals surface area (Å²) in [5.41, 5.74) is 1.31. The van der Waals surface area contributed by atoms with Crippen LogP contribution in [0.3, 0.4) is 0 Å². The van der Waals surface area contributed by atoms with Crippen LogP contribution in [-0.4, -0.2) is 23.1 Å². The molecule has 2 aromatic carbocycles. The average Bonchev–Trinajstić information content (AvgIpc) is 2.60. The summed E-state index contributed by atoms with van der Waals surface area (Å²) in [5, 5.41) is 8.63. The fourth-order valence-electron chi connectivity index (χ4n) is 2.79. The van der Waals surface area contributed by atoms with Crippen LogP contribution in [0.5, 0.6) is 11.5 Å². The molecule has 0 spiro atoms. The van der Waals surface area contributed by atoms with Gasteiger partial charge in [-0.15, -0.1) is 0 Å². The molecule has 2 rings (SSSR count). The number of hydrogen-bond donors (Lipinski definition) is 1. The molecule has 1 atom stereocenters. The van der Waals surface area contributed by atoms with E-state index in [9.17, 15) is 9.59 Å². The fourth-order valence-corrected chi connectivity index (χ4v) is 2.79. The molecule has 0 aliphatic heterocycles. The lowest BCUT2D eigenvalue weighted by Gasteiger charge is -2.24. The summed E-state index contributed by atoms with van der Waals surface area (Å²) in [7, 11) is 0. The number of rotatable bonds is 7. The van der Waals surface area contributed by atoms with Crippen LogP contribution in [0.4, 0.5) is 0 Å². The van der Waals surface area contributed by atoms with E-state index < -0.39 is 11.9 Å². The van der Waals surface area contributed by atoms with Gasteiger partial charge in [-0.25, -0.2) is 9.59 Å². The first-order chi connectivity index (χ1) is 13.1. The van der Waals surface area contributed by atoms with Crippen molar-refractivity contribution in [2.45, 2.75) is 40.2 Å². The molecular formula is C23H26O5. The number of carbonyl (C=O) groups excluding carboxylic acids is 1. The maximum Gasteiger partial charge on any atom is 0.343 e. The second-order valence-corrected chi connectivity index (χ2v) is 7.85. The smallest absolute Gasteiger partial charge is 0.343 e. The van der Waals surface area contributed by atoms with Crippen LogP contribution in [0, 0.1) is 5.41 Å². The number of carboxylic acids is 1. The van der Waals surface area contributed by atoms with Crippen molar-refractivity contribution in [3.8, 4) is 11.5 Å². The molecule has 0 amide bonds. The van der Waals surface area contributed by atoms with Gasteiger partial charge in [0, 0.05) is 6.08 Å². The minimum absolute atomic E-state index is 0.0755. The first-order valence-corrected chi connectivity index (χ1v) is 9.12. The van der Waals surface area contributed by atoms with Crippen LogP contribution >= 0.6 is 0 Å². The summed E-state index contributed by atoms with van der Waals surface area (Å²) in [6.07, 6.45) is 3.51. The highest BCUT2D eigenvalue weighted by molar-refractivity contribution is 5.91. The van der Waals surface area contributed by atoms with Gasteiger partial charge in [0.25, 0.3) is 0 Å². The molecular weight excluding hydrogens is 356 g/mol. The third kappa shape index (κ3) is 7.27. The summed E-state index contributed by atoms with van der Waals surface area (Å²) < 4.78 is 11.2. The van der Waals surface area contributed by atoms with Gasteiger partial charge in [0.2, 0.25) is 0 Å². The van der Waals surface area contributed by atoms with E-state index in [-0.39, 0.29) is 11.5 Å². The molecule has 5 heteroatoms. The summed E-state index contributed by atoms with van der Waals surface area (Å²) in [6, 6.07) is 13.4. The Morgan fingerprint density at radius 2 is 1.57 bits per heavy atom. The molecule has 148 valence electrons. The molecule has 1 N–H and O–H groups in total. The Balaban J connectivity index is 1.94.